The molecule has 1 rings (SSSR count). The fourth-order valence-corrected chi connectivity index (χ4v) is 3.45. The van der Waals surface area contributed by atoms with Crippen molar-refractivity contribution in [3.05, 3.63) is 5.69 Å². The van der Waals surface area contributed by atoms with Crippen molar-refractivity contribution in [1.82, 2.24) is 10.3 Å². The molecule has 1 aromatic heterocycles. The maximum Gasteiger partial charge on any atom is 0.230 e. The molecule has 0 saturated heterocycles. The molecule has 0 aliphatic rings. The zero-order valence-corrected chi connectivity index (χ0v) is 13.2. The Morgan fingerprint density at radius 2 is 2.11 bits per heavy atom. The minimum absolute atomic E-state index is 0.0217. The molecule has 1 amide bonds. The van der Waals surface area contributed by atoms with E-state index in [2.05, 4.69) is 10.3 Å². The highest BCUT2D eigenvalue weighted by Crippen LogP contribution is 2.30. The van der Waals surface area contributed by atoms with Gasteiger partial charge in [0, 0.05) is 0 Å². The summed E-state index contributed by atoms with van der Waals surface area (Å²) in [6, 6.07) is -0.416. The molecule has 106 valence electrons. The average molecular weight is 301 g/mol. The van der Waals surface area contributed by atoms with E-state index in [1.165, 1.54) is 30.0 Å². The summed E-state index contributed by atoms with van der Waals surface area (Å²) in [6.07, 6.45) is 0. The molecule has 0 aromatic carbocycles. The third kappa shape index (κ3) is 4.83. The summed E-state index contributed by atoms with van der Waals surface area (Å²) in [5, 5.41) is 3.26. The molecule has 1 atom stereocenters. The first kappa shape index (κ1) is 16.0. The third-order valence-electron chi connectivity index (χ3n) is 2.53. The Kier molecular flexibility index (Phi) is 5.81. The molecule has 0 bridgehead atoms. The van der Waals surface area contributed by atoms with Crippen molar-refractivity contribution in [1.29, 1.82) is 0 Å². The van der Waals surface area contributed by atoms with Gasteiger partial charge in [-0.25, -0.2) is 4.98 Å². The van der Waals surface area contributed by atoms with E-state index in [0.29, 0.717) is 5.13 Å². The van der Waals surface area contributed by atoms with Crippen LogP contribution in [-0.2, 0) is 9.59 Å². The first-order valence-corrected chi connectivity index (χ1v) is 7.77. The van der Waals surface area contributed by atoms with Crippen LogP contribution in [0, 0.1) is 12.8 Å². The minimum atomic E-state index is -0.416. The molecule has 0 saturated carbocycles. The number of amides is 1. The molecule has 1 aromatic rings. The van der Waals surface area contributed by atoms with E-state index in [9.17, 15) is 9.59 Å². The summed E-state index contributed by atoms with van der Waals surface area (Å²) in [7, 11) is 0. The molecule has 5 nitrogen and oxygen atoms in total. The Morgan fingerprint density at radius 1 is 1.47 bits per heavy atom. The summed E-state index contributed by atoms with van der Waals surface area (Å²) in [6.45, 7) is 7.17. The zero-order valence-electron chi connectivity index (χ0n) is 11.5. The Labute approximate surface area is 121 Å². The summed E-state index contributed by atoms with van der Waals surface area (Å²) < 4.78 is 0.941. The highest BCUT2D eigenvalue weighted by Gasteiger charge is 2.20. The lowest BCUT2D eigenvalue weighted by Crippen LogP contribution is -2.44. The normalized spacial score (nSPS) is 12.5. The van der Waals surface area contributed by atoms with E-state index < -0.39 is 6.04 Å². The number of hydrogen-bond acceptors (Lipinski definition) is 6. The largest absolute Gasteiger partial charge is 0.375 e. The number of nitrogens with two attached hydrogens (primary N) is 1. The molecule has 0 radical (unpaired) electrons. The van der Waals surface area contributed by atoms with Crippen LogP contribution in [0.3, 0.4) is 0 Å². The maximum atomic E-state index is 11.8. The van der Waals surface area contributed by atoms with Crippen LogP contribution < -0.4 is 11.1 Å². The van der Waals surface area contributed by atoms with Gasteiger partial charge in [0.15, 0.2) is 10.9 Å². The number of ketones is 1. The van der Waals surface area contributed by atoms with Crippen molar-refractivity contribution in [2.75, 3.05) is 11.5 Å². The van der Waals surface area contributed by atoms with Gasteiger partial charge in [-0.1, -0.05) is 25.2 Å². The van der Waals surface area contributed by atoms with Crippen LogP contribution in [0.4, 0.5) is 5.13 Å². The first-order valence-electron chi connectivity index (χ1n) is 5.96. The van der Waals surface area contributed by atoms with Crippen LogP contribution in [0.25, 0.3) is 0 Å². The first-order chi connectivity index (χ1) is 8.81. The highest BCUT2D eigenvalue weighted by molar-refractivity contribution is 8.01. The zero-order chi connectivity index (χ0) is 14.6. The number of nitrogen functional groups attached to an aromatic ring is 1. The van der Waals surface area contributed by atoms with Gasteiger partial charge in [0.25, 0.3) is 0 Å². The number of hydrogen-bond donors (Lipinski definition) is 2. The van der Waals surface area contributed by atoms with E-state index in [1.54, 1.807) is 0 Å². The number of aromatic nitrogens is 1. The standard InChI is InChI=1S/C12H19N3O2S2/c1-6(2)10(8(4)16)15-9(17)5-18-11-7(3)14-12(13)19-11/h6,10H,5H2,1-4H3,(H2,13,14)(H,15,17). The SMILES string of the molecule is CC(=O)C(NC(=O)CSc1sc(N)nc1C)C(C)C. The molecule has 7 heteroatoms. The predicted octanol–water partition coefficient (Wildman–Crippen LogP) is 1.86. The molecule has 19 heavy (non-hydrogen) atoms. The lowest BCUT2D eigenvalue weighted by molar-refractivity contribution is -0.126. The van der Waals surface area contributed by atoms with Crippen molar-refractivity contribution in [3.63, 3.8) is 0 Å². The number of carbonyl (C=O) groups excluding carboxylic acids is 2. The Morgan fingerprint density at radius 3 is 2.53 bits per heavy atom. The van der Waals surface area contributed by atoms with Crippen molar-refractivity contribution >= 4 is 39.9 Å². The van der Waals surface area contributed by atoms with Gasteiger partial charge in [-0.3, -0.25) is 9.59 Å². The maximum absolute atomic E-state index is 11.8. The second-order valence-corrected chi connectivity index (χ2v) is 6.89. The molecule has 0 fully saturated rings. The minimum Gasteiger partial charge on any atom is -0.375 e. The monoisotopic (exact) mass is 301 g/mol. The van der Waals surface area contributed by atoms with Gasteiger partial charge in [0.05, 0.1) is 21.7 Å². The van der Waals surface area contributed by atoms with Gasteiger partial charge in [-0.2, -0.15) is 0 Å². The predicted molar refractivity (Wildman–Crippen MR) is 79.4 cm³/mol. The van der Waals surface area contributed by atoms with E-state index >= 15 is 0 Å². The summed E-state index contributed by atoms with van der Waals surface area (Å²) >= 11 is 2.76. The fraction of sp³-hybridized carbons (Fsp3) is 0.583. The average Bonchev–Trinajstić information content (AvgIpc) is 2.61. The number of rotatable bonds is 6. The second-order valence-electron chi connectivity index (χ2n) is 4.61. The van der Waals surface area contributed by atoms with Crippen LogP contribution in [0.1, 0.15) is 26.5 Å². The summed E-state index contributed by atoms with van der Waals surface area (Å²) in [5.41, 5.74) is 6.43. The molecule has 0 aliphatic carbocycles. The van der Waals surface area contributed by atoms with Crippen molar-refractivity contribution in [2.45, 2.75) is 37.9 Å². The summed E-state index contributed by atoms with van der Waals surface area (Å²) in [5.74, 6) is 0.183. The van der Waals surface area contributed by atoms with Gasteiger partial charge >= 0.3 is 0 Å². The van der Waals surface area contributed by atoms with E-state index in [4.69, 9.17) is 5.73 Å². The van der Waals surface area contributed by atoms with E-state index in [0.717, 1.165) is 9.90 Å². The summed E-state index contributed by atoms with van der Waals surface area (Å²) in [4.78, 5) is 27.3. The topological polar surface area (TPSA) is 85.1 Å². The quantitative estimate of drug-likeness (QED) is 0.783. The van der Waals surface area contributed by atoms with Crippen LogP contribution in [0.15, 0.2) is 4.21 Å². The van der Waals surface area contributed by atoms with Gasteiger partial charge in [-0.15, -0.1) is 11.8 Å². The Balaban J connectivity index is 2.52. The number of thioether (sulfide) groups is 1. The van der Waals surface area contributed by atoms with Crippen molar-refractivity contribution < 1.29 is 9.59 Å². The number of nitrogens with one attached hydrogen (secondary N) is 1. The number of aryl methyl sites for hydroxylation is 1. The Hall–Kier alpha value is -1.08. The number of anilines is 1. The second kappa shape index (κ2) is 6.91. The van der Waals surface area contributed by atoms with Gasteiger partial charge < -0.3 is 11.1 Å². The van der Waals surface area contributed by atoms with Crippen LogP contribution >= 0.6 is 23.1 Å². The van der Waals surface area contributed by atoms with Gasteiger partial charge in [0.1, 0.15) is 0 Å². The number of carbonyl (C=O) groups is 2. The fourth-order valence-electron chi connectivity index (χ4n) is 1.62. The van der Waals surface area contributed by atoms with E-state index in [1.807, 2.05) is 20.8 Å². The molecule has 3 N–H and O–H groups in total. The van der Waals surface area contributed by atoms with Gasteiger partial charge in [0.2, 0.25) is 5.91 Å². The van der Waals surface area contributed by atoms with Crippen LogP contribution in [0.2, 0.25) is 0 Å². The lowest BCUT2D eigenvalue weighted by Gasteiger charge is -2.19. The smallest absolute Gasteiger partial charge is 0.230 e. The number of thiazole rings is 1. The Bertz CT molecular complexity index is 472. The molecular weight excluding hydrogens is 282 g/mol. The third-order valence-corrected chi connectivity index (χ3v) is 4.87. The van der Waals surface area contributed by atoms with Crippen molar-refractivity contribution in [2.24, 2.45) is 5.92 Å². The molecule has 1 unspecified atom stereocenters. The lowest BCUT2D eigenvalue weighted by atomic mass is 10.0. The molecule has 0 aliphatic heterocycles. The van der Waals surface area contributed by atoms with Crippen LogP contribution in [0.5, 0.6) is 0 Å². The van der Waals surface area contributed by atoms with Gasteiger partial charge in [-0.05, 0) is 19.8 Å². The molecule has 1 heterocycles. The van der Waals surface area contributed by atoms with E-state index in [-0.39, 0.29) is 23.4 Å². The number of Topliss-reactive ketones (excluding diaryl/α,β-unsaturated/α-hetero) is 1. The highest BCUT2D eigenvalue weighted by atomic mass is 32.2. The van der Waals surface area contributed by atoms with Crippen molar-refractivity contribution in [3.8, 4) is 0 Å². The molecular formula is C12H19N3O2S2. The number of nitrogens with zero attached hydrogens (tertiary/aromatic N) is 1. The molecule has 0 spiro atoms. The van der Waals surface area contributed by atoms with Crippen LogP contribution in [-0.4, -0.2) is 28.5 Å².